The second-order valence-electron chi connectivity index (χ2n) is 8.68. The fraction of sp³-hybridized carbons (Fsp3) is 0.296. The lowest BCUT2D eigenvalue weighted by Gasteiger charge is -2.34. The van der Waals surface area contributed by atoms with Crippen LogP contribution >= 0.6 is 0 Å². The van der Waals surface area contributed by atoms with Gasteiger partial charge in [0.2, 0.25) is 10.0 Å². The number of aryl methyl sites for hydroxylation is 1. The molecule has 2 N–H and O–H groups in total. The second-order valence-corrected chi connectivity index (χ2v) is 10.2. The number of fused-ring (bicyclic) bond motifs is 1. The third-order valence-electron chi connectivity index (χ3n) is 6.23. The van der Waals surface area contributed by atoms with Crippen LogP contribution in [-0.2, 0) is 23.0 Å². The summed E-state index contributed by atoms with van der Waals surface area (Å²) >= 11 is 0. The van der Waals surface area contributed by atoms with Gasteiger partial charge in [0.25, 0.3) is 0 Å². The Labute approximate surface area is 202 Å². The molecule has 1 aliphatic rings. The number of rotatable bonds is 7. The minimum Gasteiger partial charge on any atom is -0.320 e. The zero-order valence-corrected chi connectivity index (χ0v) is 20.3. The van der Waals surface area contributed by atoms with E-state index in [4.69, 9.17) is 5.14 Å². The topological polar surface area (TPSA) is 83.7 Å². The summed E-state index contributed by atoms with van der Waals surface area (Å²) in [6.07, 6.45) is 3.89. The highest BCUT2D eigenvalue weighted by Crippen LogP contribution is 2.29. The number of amides is 2. The van der Waals surface area contributed by atoms with E-state index in [0.717, 1.165) is 49.0 Å². The van der Waals surface area contributed by atoms with Crippen LogP contribution in [0.3, 0.4) is 0 Å². The molecule has 0 unspecified atom stereocenters. The van der Waals surface area contributed by atoms with Crippen LogP contribution in [0, 0.1) is 0 Å². The lowest BCUT2D eigenvalue weighted by Crippen LogP contribution is -2.45. The maximum atomic E-state index is 13.6. The molecule has 0 spiro atoms. The van der Waals surface area contributed by atoms with Gasteiger partial charge in [0.05, 0.1) is 4.90 Å². The van der Waals surface area contributed by atoms with Crippen molar-refractivity contribution < 1.29 is 13.2 Å². The monoisotopic (exact) mass is 477 g/mol. The van der Waals surface area contributed by atoms with E-state index in [-0.39, 0.29) is 10.9 Å². The first-order valence-electron chi connectivity index (χ1n) is 11.7. The maximum absolute atomic E-state index is 13.6. The molecule has 0 fully saturated rings. The molecule has 0 aliphatic carbocycles. The van der Waals surface area contributed by atoms with Crippen LogP contribution in [-0.4, -0.2) is 32.4 Å². The van der Waals surface area contributed by atoms with Crippen LogP contribution in [0.1, 0.15) is 37.3 Å². The third-order valence-corrected chi connectivity index (χ3v) is 7.19. The van der Waals surface area contributed by atoms with Crippen LogP contribution < -0.4 is 10.0 Å². The summed E-state index contributed by atoms with van der Waals surface area (Å²) in [6, 6.07) is 22.6. The zero-order chi connectivity index (χ0) is 24.1. The summed E-state index contributed by atoms with van der Waals surface area (Å²) < 4.78 is 24.0. The van der Waals surface area contributed by atoms with E-state index in [0.29, 0.717) is 18.7 Å². The summed E-state index contributed by atoms with van der Waals surface area (Å²) in [5.74, 6) is 0. The van der Waals surface area contributed by atoms with Gasteiger partial charge >= 0.3 is 6.03 Å². The SMILES string of the molecule is CCCCN(Cc1ccc(-c2ccccc2S(N)(=O)=O)cc1)C(=O)N1CCCc2ccccc21. The van der Waals surface area contributed by atoms with Gasteiger partial charge in [-0.2, -0.15) is 0 Å². The minimum atomic E-state index is -3.83. The summed E-state index contributed by atoms with van der Waals surface area (Å²) in [5, 5.41) is 5.40. The van der Waals surface area contributed by atoms with Gasteiger partial charge in [-0.1, -0.05) is 74.0 Å². The molecule has 0 radical (unpaired) electrons. The molecule has 0 bridgehead atoms. The number of nitrogens with two attached hydrogens (primary N) is 1. The number of urea groups is 1. The Morgan fingerprint density at radius 2 is 1.71 bits per heavy atom. The first kappa shape index (κ1) is 24.0. The molecule has 2 amide bonds. The molecule has 3 aromatic carbocycles. The van der Waals surface area contributed by atoms with Gasteiger partial charge in [-0.05, 0) is 48.1 Å². The number of para-hydroxylation sites is 1. The number of carbonyl (C=O) groups excluding carboxylic acids is 1. The van der Waals surface area contributed by atoms with E-state index >= 15 is 0 Å². The quantitative estimate of drug-likeness (QED) is 0.509. The molecule has 1 heterocycles. The van der Waals surface area contributed by atoms with Gasteiger partial charge in [0.1, 0.15) is 0 Å². The maximum Gasteiger partial charge on any atom is 0.324 e. The van der Waals surface area contributed by atoms with E-state index in [1.54, 1.807) is 18.2 Å². The zero-order valence-electron chi connectivity index (χ0n) is 19.5. The third kappa shape index (κ3) is 5.32. The molecule has 0 saturated carbocycles. The first-order chi connectivity index (χ1) is 16.4. The van der Waals surface area contributed by atoms with Crippen molar-refractivity contribution in [3.05, 3.63) is 83.9 Å². The van der Waals surface area contributed by atoms with Gasteiger partial charge in [0.15, 0.2) is 0 Å². The molecule has 0 saturated heterocycles. The van der Waals surface area contributed by atoms with Gasteiger partial charge in [0, 0.05) is 30.9 Å². The molecule has 0 aromatic heterocycles. The number of unbranched alkanes of at least 4 members (excludes halogenated alkanes) is 1. The molecule has 3 aromatic rings. The Bertz CT molecular complexity index is 1260. The van der Waals surface area contributed by atoms with Crippen LogP contribution in [0.15, 0.2) is 77.7 Å². The van der Waals surface area contributed by atoms with Gasteiger partial charge in [-0.25, -0.2) is 18.4 Å². The van der Waals surface area contributed by atoms with E-state index in [9.17, 15) is 13.2 Å². The van der Waals surface area contributed by atoms with Crippen LogP contribution in [0.2, 0.25) is 0 Å². The molecule has 4 rings (SSSR count). The molecular weight excluding hydrogens is 446 g/mol. The van der Waals surface area contributed by atoms with E-state index in [2.05, 4.69) is 13.0 Å². The Morgan fingerprint density at radius 1 is 1.00 bits per heavy atom. The molecular formula is C27H31N3O3S. The number of carbonyl (C=O) groups is 1. The number of hydrogen-bond donors (Lipinski definition) is 1. The highest BCUT2D eigenvalue weighted by atomic mass is 32.2. The van der Waals surface area contributed by atoms with Crippen molar-refractivity contribution >= 4 is 21.7 Å². The number of hydrogen-bond acceptors (Lipinski definition) is 3. The van der Waals surface area contributed by atoms with Crippen LogP contribution in [0.5, 0.6) is 0 Å². The highest BCUT2D eigenvalue weighted by Gasteiger charge is 2.26. The fourth-order valence-corrected chi connectivity index (χ4v) is 5.22. The normalized spacial score (nSPS) is 13.4. The number of nitrogens with zero attached hydrogens (tertiary/aromatic N) is 2. The van der Waals surface area contributed by atoms with Crippen molar-refractivity contribution in [2.75, 3.05) is 18.0 Å². The van der Waals surface area contributed by atoms with E-state index in [1.165, 1.54) is 11.6 Å². The summed E-state index contributed by atoms with van der Waals surface area (Å²) in [6.45, 7) is 4.02. The number of anilines is 1. The first-order valence-corrected chi connectivity index (χ1v) is 13.3. The number of benzene rings is 3. The molecule has 0 atom stereocenters. The minimum absolute atomic E-state index is 0.0317. The molecule has 178 valence electrons. The summed E-state index contributed by atoms with van der Waals surface area (Å²) in [5.41, 5.74) is 4.56. The van der Waals surface area contributed by atoms with Gasteiger partial charge < -0.3 is 4.90 Å². The fourth-order valence-electron chi connectivity index (χ4n) is 4.46. The van der Waals surface area contributed by atoms with E-state index in [1.807, 2.05) is 52.3 Å². The van der Waals surface area contributed by atoms with Crippen LogP contribution in [0.4, 0.5) is 10.5 Å². The molecule has 1 aliphatic heterocycles. The average Bonchev–Trinajstić information content (AvgIpc) is 2.85. The smallest absolute Gasteiger partial charge is 0.320 e. The van der Waals surface area contributed by atoms with E-state index < -0.39 is 10.0 Å². The molecule has 7 heteroatoms. The Balaban J connectivity index is 1.57. The Hall–Kier alpha value is -3.16. The lowest BCUT2D eigenvalue weighted by atomic mass is 10.0. The largest absolute Gasteiger partial charge is 0.324 e. The lowest BCUT2D eigenvalue weighted by molar-refractivity contribution is 0.200. The van der Waals surface area contributed by atoms with Gasteiger partial charge in [-0.15, -0.1) is 0 Å². The standard InChI is InChI=1S/C27H31N3O3S/c1-2-3-18-29(27(31)30-19-8-10-23-9-4-6-12-25(23)30)20-21-14-16-22(17-15-21)24-11-5-7-13-26(24)34(28,32)33/h4-7,9,11-17H,2-3,8,10,18-20H2,1H3,(H2,28,32,33). The highest BCUT2D eigenvalue weighted by molar-refractivity contribution is 7.89. The van der Waals surface area contributed by atoms with Crippen molar-refractivity contribution in [1.29, 1.82) is 0 Å². The number of primary sulfonamides is 1. The Kier molecular flexibility index (Phi) is 7.34. The van der Waals surface area contributed by atoms with Crippen molar-refractivity contribution in [2.45, 2.75) is 44.0 Å². The molecule has 34 heavy (non-hydrogen) atoms. The average molecular weight is 478 g/mol. The Morgan fingerprint density at radius 3 is 2.44 bits per heavy atom. The van der Waals surface area contributed by atoms with Crippen LogP contribution in [0.25, 0.3) is 11.1 Å². The van der Waals surface area contributed by atoms with Crippen molar-refractivity contribution in [2.24, 2.45) is 5.14 Å². The second kappa shape index (κ2) is 10.4. The molecule has 6 nitrogen and oxygen atoms in total. The number of sulfonamides is 1. The van der Waals surface area contributed by atoms with Crippen molar-refractivity contribution in [3.8, 4) is 11.1 Å². The summed E-state index contributed by atoms with van der Waals surface area (Å²) in [4.78, 5) is 17.5. The van der Waals surface area contributed by atoms with Gasteiger partial charge in [-0.3, -0.25) is 4.90 Å². The predicted molar refractivity (Wildman–Crippen MR) is 136 cm³/mol. The summed E-state index contributed by atoms with van der Waals surface area (Å²) in [7, 11) is -3.83. The van der Waals surface area contributed by atoms with Crippen molar-refractivity contribution in [3.63, 3.8) is 0 Å². The van der Waals surface area contributed by atoms with Crippen molar-refractivity contribution in [1.82, 2.24) is 4.90 Å². The predicted octanol–water partition coefficient (Wildman–Crippen LogP) is 5.18.